The fraction of sp³-hybridized carbons (Fsp3) is 0.333. The number of aryl methyl sites for hydroxylation is 1. The van der Waals surface area contributed by atoms with E-state index in [1.165, 1.54) is 0 Å². The van der Waals surface area contributed by atoms with E-state index in [1.807, 2.05) is 43.5 Å². The first-order valence-corrected chi connectivity index (χ1v) is 10.4. The molecular formula is C24H23N3O3. The number of aliphatic imine (C=N–C) groups is 1. The molecule has 0 N–H and O–H groups in total. The van der Waals surface area contributed by atoms with E-state index >= 15 is 0 Å². The second-order valence-electron chi connectivity index (χ2n) is 7.97. The quantitative estimate of drug-likeness (QED) is 0.641. The van der Waals surface area contributed by atoms with Crippen LogP contribution in [-0.4, -0.2) is 28.2 Å². The zero-order valence-corrected chi connectivity index (χ0v) is 16.9. The SMILES string of the molecule is Cc1cc(C2=NCc3cc(CC(=O)CC4CCCOc5ccccc54)ncc32)no1. The molecule has 0 amide bonds. The molecule has 0 spiro atoms. The van der Waals surface area contributed by atoms with E-state index in [1.54, 1.807) is 0 Å². The molecule has 0 fully saturated rings. The minimum atomic E-state index is 0.204. The Balaban J connectivity index is 1.29. The molecule has 2 aliphatic rings. The van der Waals surface area contributed by atoms with Gasteiger partial charge in [0.05, 0.1) is 18.9 Å². The van der Waals surface area contributed by atoms with E-state index in [0.717, 1.165) is 58.1 Å². The second-order valence-corrected chi connectivity index (χ2v) is 7.97. The molecule has 6 nitrogen and oxygen atoms in total. The molecule has 0 saturated carbocycles. The minimum absolute atomic E-state index is 0.204. The van der Waals surface area contributed by atoms with Gasteiger partial charge in [0.2, 0.25) is 0 Å². The number of benzene rings is 1. The van der Waals surface area contributed by atoms with Crippen LogP contribution in [0.2, 0.25) is 0 Å². The second kappa shape index (κ2) is 7.86. The van der Waals surface area contributed by atoms with Crippen molar-refractivity contribution >= 4 is 11.5 Å². The van der Waals surface area contributed by atoms with Gasteiger partial charge in [0.25, 0.3) is 0 Å². The smallest absolute Gasteiger partial charge is 0.139 e. The number of ether oxygens (including phenoxy) is 1. The molecule has 5 rings (SSSR count). The summed E-state index contributed by atoms with van der Waals surface area (Å²) in [5, 5.41) is 4.06. The van der Waals surface area contributed by atoms with Crippen LogP contribution in [0.1, 0.15) is 59.0 Å². The van der Waals surface area contributed by atoms with Crippen LogP contribution in [-0.2, 0) is 17.8 Å². The van der Waals surface area contributed by atoms with Crippen LogP contribution in [0, 0.1) is 6.92 Å². The molecule has 1 unspecified atom stereocenters. The van der Waals surface area contributed by atoms with Crippen LogP contribution < -0.4 is 4.74 Å². The summed E-state index contributed by atoms with van der Waals surface area (Å²) < 4.78 is 11.0. The number of hydrogen-bond acceptors (Lipinski definition) is 6. The van der Waals surface area contributed by atoms with Crippen LogP contribution >= 0.6 is 0 Å². The van der Waals surface area contributed by atoms with Crippen molar-refractivity contribution in [2.24, 2.45) is 4.99 Å². The Labute approximate surface area is 175 Å². The highest BCUT2D eigenvalue weighted by Crippen LogP contribution is 2.35. The van der Waals surface area contributed by atoms with Gasteiger partial charge in [-0.1, -0.05) is 23.4 Å². The monoisotopic (exact) mass is 401 g/mol. The summed E-state index contributed by atoms with van der Waals surface area (Å²) in [6.07, 6.45) is 4.59. The normalized spacial score (nSPS) is 17.5. The Morgan fingerprint density at radius 1 is 1.23 bits per heavy atom. The lowest BCUT2D eigenvalue weighted by molar-refractivity contribution is -0.118. The van der Waals surface area contributed by atoms with Crippen molar-refractivity contribution in [3.05, 3.63) is 76.4 Å². The molecule has 2 aromatic heterocycles. The van der Waals surface area contributed by atoms with Crippen molar-refractivity contribution in [1.82, 2.24) is 10.1 Å². The third-order valence-electron chi connectivity index (χ3n) is 5.75. The zero-order chi connectivity index (χ0) is 20.5. The van der Waals surface area contributed by atoms with Gasteiger partial charge >= 0.3 is 0 Å². The highest BCUT2D eigenvalue weighted by Gasteiger charge is 2.24. The van der Waals surface area contributed by atoms with Crippen LogP contribution in [0.4, 0.5) is 0 Å². The highest BCUT2D eigenvalue weighted by molar-refractivity contribution is 6.13. The predicted octanol–water partition coefficient (Wildman–Crippen LogP) is 4.19. The largest absolute Gasteiger partial charge is 0.493 e. The number of carbonyl (C=O) groups excluding carboxylic acids is 1. The van der Waals surface area contributed by atoms with Gasteiger partial charge in [0.15, 0.2) is 0 Å². The summed E-state index contributed by atoms with van der Waals surface area (Å²) in [6, 6.07) is 11.9. The molecule has 1 aromatic carbocycles. The maximum absolute atomic E-state index is 12.9. The summed E-state index contributed by atoms with van der Waals surface area (Å²) in [4.78, 5) is 22.0. The molecule has 6 heteroatoms. The summed E-state index contributed by atoms with van der Waals surface area (Å²) >= 11 is 0. The number of pyridine rings is 1. The molecule has 4 heterocycles. The van der Waals surface area contributed by atoms with Gasteiger partial charge in [-0.25, -0.2) is 0 Å². The first-order valence-electron chi connectivity index (χ1n) is 10.4. The average molecular weight is 401 g/mol. The Hall–Kier alpha value is -3.28. The lowest BCUT2D eigenvalue weighted by atomic mass is 9.88. The van der Waals surface area contributed by atoms with Crippen molar-refractivity contribution in [1.29, 1.82) is 0 Å². The van der Waals surface area contributed by atoms with Gasteiger partial charge < -0.3 is 9.26 Å². The Morgan fingerprint density at radius 2 is 2.13 bits per heavy atom. The van der Waals surface area contributed by atoms with Crippen LogP contribution in [0.3, 0.4) is 0 Å². The van der Waals surface area contributed by atoms with Crippen molar-refractivity contribution in [3.63, 3.8) is 0 Å². The fourth-order valence-electron chi connectivity index (χ4n) is 4.31. The molecule has 0 bridgehead atoms. The maximum Gasteiger partial charge on any atom is 0.139 e. The zero-order valence-electron chi connectivity index (χ0n) is 16.9. The topological polar surface area (TPSA) is 77.6 Å². The third kappa shape index (κ3) is 3.65. The molecule has 1 atom stereocenters. The first-order chi connectivity index (χ1) is 14.7. The van der Waals surface area contributed by atoms with Gasteiger partial charge in [-0.15, -0.1) is 0 Å². The molecule has 30 heavy (non-hydrogen) atoms. The molecular weight excluding hydrogens is 378 g/mol. The molecule has 0 saturated heterocycles. The number of ketones is 1. The number of hydrogen-bond donors (Lipinski definition) is 0. The summed E-state index contributed by atoms with van der Waals surface area (Å²) in [5.41, 5.74) is 5.52. The third-order valence-corrected chi connectivity index (χ3v) is 5.75. The Kier molecular flexibility index (Phi) is 4.91. The van der Waals surface area contributed by atoms with Gasteiger partial charge in [-0.3, -0.25) is 14.8 Å². The van der Waals surface area contributed by atoms with E-state index in [4.69, 9.17) is 9.26 Å². The number of carbonyl (C=O) groups is 1. The Morgan fingerprint density at radius 3 is 3.00 bits per heavy atom. The Bertz CT molecular complexity index is 1130. The summed E-state index contributed by atoms with van der Waals surface area (Å²) in [6.45, 7) is 3.15. The summed E-state index contributed by atoms with van der Waals surface area (Å²) in [5.74, 6) is 2.07. The van der Waals surface area contributed by atoms with Crippen molar-refractivity contribution in [2.75, 3.05) is 6.61 Å². The van der Waals surface area contributed by atoms with Crippen LogP contribution in [0.5, 0.6) is 5.75 Å². The lowest BCUT2D eigenvalue weighted by Gasteiger charge is -2.15. The summed E-state index contributed by atoms with van der Waals surface area (Å²) in [7, 11) is 0. The molecule has 0 radical (unpaired) electrons. The molecule has 0 aliphatic carbocycles. The van der Waals surface area contributed by atoms with Gasteiger partial charge in [0, 0.05) is 36.4 Å². The molecule has 152 valence electrons. The van der Waals surface area contributed by atoms with Gasteiger partial charge in [-0.05, 0) is 48.9 Å². The van der Waals surface area contributed by atoms with Crippen molar-refractivity contribution < 1.29 is 14.1 Å². The lowest BCUT2D eigenvalue weighted by Crippen LogP contribution is -2.11. The molecule has 3 aromatic rings. The highest BCUT2D eigenvalue weighted by atomic mass is 16.5. The van der Waals surface area contributed by atoms with Crippen LogP contribution in [0.25, 0.3) is 0 Å². The number of para-hydroxylation sites is 1. The fourth-order valence-corrected chi connectivity index (χ4v) is 4.31. The number of nitrogens with zero attached hydrogens (tertiary/aromatic N) is 3. The molecule has 2 aliphatic heterocycles. The average Bonchev–Trinajstić information content (AvgIpc) is 3.30. The standard InChI is InChI=1S/C24H23N3O3/c1-15-9-22(27-30-15)24-21-14-25-18(10-17(21)13-26-24)12-19(28)11-16-5-4-8-29-23-7-3-2-6-20(16)23/h2-3,6-7,9-10,14,16H,4-5,8,11-13H2,1H3. The maximum atomic E-state index is 12.9. The van der Waals surface area contributed by atoms with E-state index in [2.05, 4.69) is 21.2 Å². The number of rotatable bonds is 5. The number of fused-ring (bicyclic) bond motifs is 2. The minimum Gasteiger partial charge on any atom is -0.493 e. The van der Waals surface area contributed by atoms with E-state index in [0.29, 0.717) is 26.0 Å². The van der Waals surface area contributed by atoms with E-state index in [-0.39, 0.29) is 11.7 Å². The number of Topliss-reactive ketones (excluding diaryl/α,β-unsaturated/α-hetero) is 1. The first kappa shape index (κ1) is 18.7. The van der Waals surface area contributed by atoms with E-state index < -0.39 is 0 Å². The predicted molar refractivity (Wildman–Crippen MR) is 112 cm³/mol. The van der Waals surface area contributed by atoms with E-state index in [9.17, 15) is 4.79 Å². The van der Waals surface area contributed by atoms with Crippen molar-refractivity contribution in [3.8, 4) is 5.75 Å². The van der Waals surface area contributed by atoms with Crippen LogP contribution in [0.15, 0.2) is 52.1 Å². The van der Waals surface area contributed by atoms with Gasteiger partial charge in [-0.2, -0.15) is 0 Å². The van der Waals surface area contributed by atoms with Gasteiger partial charge in [0.1, 0.15) is 23.0 Å². The van der Waals surface area contributed by atoms with Crippen molar-refractivity contribution in [2.45, 2.75) is 45.1 Å². The number of aromatic nitrogens is 2.